The van der Waals surface area contributed by atoms with Crippen molar-refractivity contribution >= 4 is 17.7 Å². The fourth-order valence-corrected chi connectivity index (χ4v) is 1.67. The van der Waals surface area contributed by atoms with Gasteiger partial charge in [-0.1, -0.05) is 13.0 Å². The number of hydrogen-bond donors (Lipinski definition) is 2. The molecule has 0 saturated heterocycles. The Balaban J connectivity index is 2.81. The summed E-state index contributed by atoms with van der Waals surface area (Å²) in [5.74, 6) is -2.24. The minimum Gasteiger partial charge on any atom is -0.478 e. The zero-order valence-electron chi connectivity index (χ0n) is 11.2. The van der Waals surface area contributed by atoms with E-state index >= 15 is 0 Å². The number of carboxylic acids is 1. The van der Waals surface area contributed by atoms with Gasteiger partial charge in [0.2, 0.25) is 0 Å². The van der Waals surface area contributed by atoms with E-state index in [1.165, 1.54) is 11.0 Å². The first-order valence-electron chi connectivity index (χ1n) is 6.19. The molecule has 0 aliphatic heterocycles. The second-order valence-electron chi connectivity index (χ2n) is 4.16. The first-order chi connectivity index (χ1) is 9.49. The Hall–Kier alpha value is -2.37. The van der Waals surface area contributed by atoms with E-state index in [0.29, 0.717) is 13.1 Å². The van der Waals surface area contributed by atoms with Gasteiger partial charge in [-0.05, 0) is 24.6 Å². The van der Waals surface area contributed by atoms with Crippen LogP contribution in [0.1, 0.15) is 23.7 Å². The molecule has 1 rings (SSSR count). The number of benzene rings is 1. The van der Waals surface area contributed by atoms with Gasteiger partial charge >= 0.3 is 12.0 Å². The predicted molar refractivity (Wildman–Crippen MR) is 74.4 cm³/mol. The van der Waals surface area contributed by atoms with Gasteiger partial charge in [-0.2, -0.15) is 0 Å². The predicted octanol–water partition coefficient (Wildman–Crippen LogP) is 2.95. The van der Waals surface area contributed by atoms with E-state index in [4.69, 9.17) is 5.11 Å². The van der Waals surface area contributed by atoms with Crippen LogP contribution >= 0.6 is 0 Å². The van der Waals surface area contributed by atoms with Crippen LogP contribution in [-0.4, -0.2) is 35.1 Å². The fraction of sp³-hybridized carbons (Fsp3) is 0.286. The summed E-state index contributed by atoms with van der Waals surface area (Å²) in [6.07, 6.45) is 2.39. The molecule has 0 spiro atoms. The molecule has 1 aromatic carbocycles. The first-order valence-corrected chi connectivity index (χ1v) is 6.19. The average Bonchev–Trinajstić information content (AvgIpc) is 2.38. The molecule has 0 unspecified atom stereocenters. The lowest BCUT2D eigenvalue weighted by Gasteiger charge is -2.20. The van der Waals surface area contributed by atoms with Gasteiger partial charge in [0.1, 0.15) is 5.82 Å². The topological polar surface area (TPSA) is 69.6 Å². The molecule has 0 saturated carbocycles. The molecule has 0 bridgehead atoms. The summed E-state index contributed by atoms with van der Waals surface area (Å²) in [5, 5.41) is 11.2. The number of urea groups is 1. The van der Waals surface area contributed by atoms with Crippen molar-refractivity contribution in [3.8, 4) is 0 Å². The first kappa shape index (κ1) is 15.7. The van der Waals surface area contributed by atoms with Gasteiger partial charge in [-0.25, -0.2) is 14.0 Å². The molecule has 5 nitrogen and oxygen atoms in total. The van der Waals surface area contributed by atoms with Crippen molar-refractivity contribution in [3.63, 3.8) is 0 Å². The van der Waals surface area contributed by atoms with E-state index in [9.17, 15) is 14.0 Å². The number of carbonyl (C=O) groups is 2. The Morgan fingerprint density at radius 1 is 1.50 bits per heavy atom. The number of aromatic carboxylic acids is 1. The molecule has 0 atom stereocenters. The van der Waals surface area contributed by atoms with Gasteiger partial charge in [-0.15, -0.1) is 6.58 Å². The molecule has 0 radical (unpaired) electrons. The molecule has 6 heteroatoms. The number of carboxylic acid groups (broad SMARTS) is 1. The van der Waals surface area contributed by atoms with Gasteiger partial charge < -0.3 is 15.3 Å². The van der Waals surface area contributed by atoms with Gasteiger partial charge in [0.15, 0.2) is 0 Å². The van der Waals surface area contributed by atoms with Crippen molar-refractivity contribution in [3.05, 3.63) is 42.2 Å². The maximum absolute atomic E-state index is 13.5. The molecule has 108 valence electrons. The highest BCUT2D eigenvalue weighted by Crippen LogP contribution is 2.15. The summed E-state index contributed by atoms with van der Waals surface area (Å²) in [4.78, 5) is 24.2. The molecular weight excluding hydrogens is 263 g/mol. The number of halogens is 1. The molecule has 0 heterocycles. The summed E-state index contributed by atoms with van der Waals surface area (Å²) in [7, 11) is 0. The molecule has 20 heavy (non-hydrogen) atoms. The summed E-state index contributed by atoms with van der Waals surface area (Å²) in [6.45, 7) is 6.44. The Labute approximate surface area is 116 Å². The van der Waals surface area contributed by atoms with E-state index in [2.05, 4.69) is 11.9 Å². The Bertz CT molecular complexity index is 517. The number of carbonyl (C=O) groups excluding carboxylic acids is 1. The van der Waals surface area contributed by atoms with Crippen LogP contribution in [0.4, 0.5) is 14.9 Å². The van der Waals surface area contributed by atoms with Crippen molar-refractivity contribution in [2.24, 2.45) is 0 Å². The maximum Gasteiger partial charge on any atom is 0.338 e. The van der Waals surface area contributed by atoms with Crippen LogP contribution < -0.4 is 5.32 Å². The normalized spacial score (nSPS) is 9.90. The molecular formula is C14H17FN2O3. The SMILES string of the molecule is C=CCN(CCC)C(=O)Nc1ccc(C(=O)O)c(F)c1. The smallest absolute Gasteiger partial charge is 0.338 e. The van der Waals surface area contributed by atoms with Crippen LogP contribution in [-0.2, 0) is 0 Å². The van der Waals surface area contributed by atoms with E-state index < -0.39 is 17.3 Å². The zero-order chi connectivity index (χ0) is 15.1. The van der Waals surface area contributed by atoms with E-state index in [1.54, 1.807) is 6.08 Å². The van der Waals surface area contributed by atoms with Crippen LogP contribution in [0, 0.1) is 5.82 Å². The van der Waals surface area contributed by atoms with E-state index in [0.717, 1.165) is 18.6 Å². The van der Waals surface area contributed by atoms with Crippen molar-refractivity contribution in [2.75, 3.05) is 18.4 Å². The van der Waals surface area contributed by atoms with Crippen molar-refractivity contribution in [1.29, 1.82) is 0 Å². The number of amides is 2. The number of nitrogens with zero attached hydrogens (tertiary/aromatic N) is 1. The van der Waals surface area contributed by atoms with Crippen molar-refractivity contribution in [2.45, 2.75) is 13.3 Å². The van der Waals surface area contributed by atoms with Crippen LogP contribution in [0.3, 0.4) is 0 Å². The molecule has 2 amide bonds. The summed E-state index contributed by atoms with van der Waals surface area (Å²) in [5.41, 5.74) is -0.220. The number of hydrogen-bond acceptors (Lipinski definition) is 2. The number of rotatable bonds is 6. The van der Waals surface area contributed by atoms with Crippen LogP contribution in [0.25, 0.3) is 0 Å². The Kier molecular flexibility index (Phi) is 5.71. The number of nitrogens with one attached hydrogen (secondary N) is 1. The lowest BCUT2D eigenvalue weighted by atomic mass is 10.2. The molecule has 0 aromatic heterocycles. The quantitative estimate of drug-likeness (QED) is 0.787. The van der Waals surface area contributed by atoms with E-state index in [-0.39, 0.29) is 11.7 Å². The van der Waals surface area contributed by atoms with Crippen LogP contribution in [0.2, 0.25) is 0 Å². The van der Waals surface area contributed by atoms with Crippen LogP contribution in [0.15, 0.2) is 30.9 Å². The van der Waals surface area contributed by atoms with Crippen molar-refractivity contribution < 1.29 is 19.1 Å². The van der Waals surface area contributed by atoms with E-state index in [1.807, 2.05) is 6.92 Å². The van der Waals surface area contributed by atoms with Gasteiger partial charge in [0.05, 0.1) is 5.56 Å². The highest BCUT2D eigenvalue weighted by Gasteiger charge is 2.14. The largest absolute Gasteiger partial charge is 0.478 e. The van der Waals surface area contributed by atoms with Crippen LogP contribution in [0.5, 0.6) is 0 Å². The second-order valence-corrected chi connectivity index (χ2v) is 4.16. The lowest BCUT2D eigenvalue weighted by molar-refractivity contribution is 0.0692. The van der Waals surface area contributed by atoms with Gasteiger partial charge in [0, 0.05) is 18.8 Å². The molecule has 0 fully saturated rings. The summed E-state index contributed by atoms with van der Waals surface area (Å²) >= 11 is 0. The summed E-state index contributed by atoms with van der Waals surface area (Å²) < 4.78 is 13.5. The zero-order valence-corrected chi connectivity index (χ0v) is 11.2. The monoisotopic (exact) mass is 280 g/mol. The fourth-order valence-electron chi connectivity index (χ4n) is 1.67. The average molecular weight is 280 g/mol. The summed E-state index contributed by atoms with van der Waals surface area (Å²) in [6, 6.07) is 3.07. The third-order valence-electron chi connectivity index (χ3n) is 2.58. The Morgan fingerprint density at radius 3 is 2.70 bits per heavy atom. The molecule has 0 aliphatic carbocycles. The minimum absolute atomic E-state index is 0.211. The highest BCUT2D eigenvalue weighted by molar-refractivity contribution is 5.91. The highest BCUT2D eigenvalue weighted by atomic mass is 19.1. The minimum atomic E-state index is -1.35. The van der Waals surface area contributed by atoms with Gasteiger partial charge in [0.25, 0.3) is 0 Å². The molecule has 0 aliphatic rings. The lowest BCUT2D eigenvalue weighted by Crippen LogP contribution is -2.35. The third-order valence-corrected chi connectivity index (χ3v) is 2.58. The standard InChI is InChI=1S/C14H17FN2O3/c1-3-7-17(8-4-2)14(20)16-10-5-6-11(13(18)19)12(15)9-10/h3,5-6,9H,1,4,7-8H2,2H3,(H,16,20)(H,18,19). The van der Waals surface area contributed by atoms with Crippen molar-refractivity contribution in [1.82, 2.24) is 4.90 Å². The Morgan fingerprint density at radius 2 is 2.20 bits per heavy atom. The molecule has 2 N–H and O–H groups in total. The van der Waals surface area contributed by atoms with Gasteiger partial charge in [-0.3, -0.25) is 0 Å². The molecule has 1 aromatic rings. The maximum atomic E-state index is 13.5. The second kappa shape index (κ2) is 7.28. The number of anilines is 1. The third kappa shape index (κ3) is 4.08.